The summed E-state index contributed by atoms with van der Waals surface area (Å²) in [5.41, 5.74) is 2.51. The van der Waals surface area contributed by atoms with E-state index < -0.39 is 0 Å². The van der Waals surface area contributed by atoms with Crippen LogP contribution in [0.5, 0.6) is 0 Å². The molecule has 4 heteroatoms. The first-order valence-corrected chi connectivity index (χ1v) is 7.88. The molecular formula is C17H24N2O2. The van der Waals surface area contributed by atoms with E-state index in [1.165, 1.54) is 19.3 Å². The number of nitro benzene ring substituents is 1. The number of hydrogen-bond donors (Lipinski definition) is 1. The number of para-hydroxylation sites is 1. The van der Waals surface area contributed by atoms with Gasteiger partial charge in [0.15, 0.2) is 0 Å². The predicted octanol–water partition coefficient (Wildman–Crippen LogP) is 4.57. The molecule has 3 atom stereocenters. The number of benzene rings is 1. The quantitative estimate of drug-likeness (QED) is 0.641. The Labute approximate surface area is 126 Å². The van der Waals surface area contributed by atoms with Crippen molar-refractivity contribution in [1.82, 2.24) is 0 Å². The van der Waals surface area contributed by atoms with Crippen molar-refractivity contribution in [3.8, 4) is 0 Å². The third-order valence-electron chi connectivity index (χ3n) is 5.16. The van der Waals surface area contributed by atoms with Crippen LogP contribution in [-0.4, -0.2) is 11.5 Å². The van der Waals surface area contributed by atoms with Crippen molar-refractivity contribution in [2.24, 2.45) is 17.3 Å². The molecule has 3 rings (SSSR count). The van der Waals surface area contributed by atoms with E-state index in [1.54, 1.807) is 6.07 Å². The summed E-state index contributed by atoms with van der Waals surface area (Å²) in [5.74, 6) is 1.78. The third-order valence-corrected chi connectivity index (χ3v) is 5.16. The molecule has 0 radical (unpaired) electrons. The van der Waals surface area contributed by atoms with Gasteiger partial charge in [0.2, 0.25) is 0 Å². The second-order valence-electron chi connectivity index (χ2n) is 7.66. The number of rotatable bonds is 2. The van der Waals surface area contributed by atoms with E-state index >= 15 is 0 Å². The second kappa shape index (κ2) is 5.00. The van der Waals surface area contributed by atoms with Gasteiger partial charge in [-0.15, -0.1) is 0 Å². The highest BCUT2D eigenvalue weighted by atomic mass is 16.6. The van der Waals surface area contributed by atoms with Crippen molar-refractivity contribution in [2.75, 3.05) is 11.9 Å². The van der Waals surface area contributed by atoms with Crippen LogP contribution in [0, 0.1) is 27.4 Å². The lowest BCUT2D eigenvalue weighted by molar-refractivity contribution is -0.383. The minimum Gasteiger partial charge on any atom is -0.379 e. The Morgan fingerprint density at radius 3 is 2.76 bits per heavy atom. The van der Waals surface area contributed by atoms with E-state index in [-0.39, 0.29) is 10.6 Å². The largest absolute Gasteiger partial charge is 0.379 e. The van der Waals surface area contributed by atoms with Crippen molar-refractivity contribution in [1.29, 1.82) is 0 Å². The zero-order chi connectivity index (χ0) is 15.2. The highest BCUT2D eigenvalue weighted by Gasteiger charge is 2.40. The minimum atomic E-state index is -0.276. The molecule has 1 aliphatic carbocycles. The number of nitrogens with one attached hydrogen (secondary N) is 1. The molecule has 0 amide bonds. The van der Waals surface area contributed by atoms with Crippen LogP contribution in [0.1, 0.15) is 51.5 Å². The number of fused-ring (bicyclic) bond motifs is 1. The average Bonchev–Trinajstić information content (AvgIpc) is 2.79. The maximum atomic E-state index is 11.2. The fourth-order valence-electron chi connectivity index (χ4n) is 4.68. The molecule has 2 aliphatic rings. The molecule has 1 heterocycles. The van der Waals surface area contributed by atoms with Gasteiger partial charge < -0.3 is 5.32 Å². The Hall–Kier alpha value is -1.58. The lowest BCUT2D eigenvalue weighted by Gasteiger charge is -2.41. The highest BCUT2D eigenvalue weighted by Crippen LogP contribution is 2.50. The Morgan fingerprint density at radius 1 is 1.33 bits per heavy atom. The van der Waals surface area contributed by atoms with Crippen molar-refractivity contribution in [3.63, 3.8) is 0 Å². The van der Waals surface area contributed by atoms with E-state index in [9.17, 15) is 10.1 Å². The second-order valence-corrected chi connectivity index (χ2v) is 7.66. The molecule has 1 aromatic carbocycles. The van der Waals surface area contributed by atoms with Gasteiger partial charge in [-0.05, 0) is 42.1 Å². The molecule has 1 aliphatic heterocycles. The molecule has 1 N–H and O–H groups in total. The molecule has 0 aromatic heterocycles. The van der Waals surface area contributed by atoms with Gasteiger partial charge in [-0.25, -0.2) is 0 Å². The first-order valence-electron chi connectivity index (χ1n) is 7.88. The van der Waals surface area contributed by atoms with Gasteiger partial charge in [0.1, 0.15) is 5.69 Å². The summed E-state index contributed by atoms with van der Waals surface area (Å²) in [6.07, 6.45) is 3.73. The van der Waals surface area contributed by atoms with Crippen LogP contribution in [0.15, 0.2) is 18.2 Å². The molecule has 0 saturated heterocycles. The first-order chi connectivity index (χ1) is 9.87. The summed E-state index contributed by atoms with van der Waals surface area (Å²) in [5, 5.41) is 14.5. The number of nitro groups is 1. The molecule has 1 aromatic rings. The van der Waals surface area contributed by atoms with Gasteiger partial charge >= 0.3 is 0 Å². The Bertz CT molecular complexity index is 568. The molecule has 0 spiro atoms. The fourth-order valence-corrected chi connectivity index (χ4v) is 4.68. The Kier molecular flexibility index (Phi) is 3.42. The van der Waals surface area contributed by atoms with Gasteiger partial charge in [-0.2, -0.15) is 0 Å². The van der Waals surface area contributed by atoms with E-state index in [2.05, 4.69) is 32.2 Å². The van der Waals surface area contributed by atoms with Gasteiger partial charge in [-0.3, -0.25) is 10.1 Å². The summed E-state index contributed by atoms with van der Waals surface area (Å²) < 4.78 is 0. The van der Waals surface area contributed by atoms with Gasteiger partial charge in [0.25, 0.3) is 5.69 Å². The monoisotopic (exact) mass is 288 g/mol. The minimum absolute atomic E-state index is 0.220. The zero-order valence-electron chi connectivity index (χ0n) is 13.1. The molecule has 0 bridgehead atoms. The summed E-state index contributed by atoms with van der Waals surface area (Å²) >= 11 is 0. The number of nitrogens with zero attached hydrogens (tertiary/aromatic N) is 1. The molecule has 114 valence electrons. The third kappa shape index (κ3) is 2.63. The molecule has 3 unspecified atom stereocenters. The van der Waals surface area contributed by atoms with Gasteiger partial charge in [0, 0.05) is 18.5 Å². The van der Waals surface area contributed by atoms with E-state index in [0.717, 1.165) is 23.7 Å². The number of anilines is 1. The van der Waals surface area contributed by atoms with Crippen LogP contribution in [0.2, 0.25) is 0 Å². The maximum absolute atomic E-state index is 11.2. The van der Waals surface area contributed by atoms with Gasteiger partial charge in [0.05, 0.1) is 4.92 Å². The summed E-state index contributed by atoms with van der Waals surface area (Å²) in [6, 6.07) is 5.50. The lowest BCUT2D eigenvalue weighted by Crippen LogP contribution is -2.31. The van der Waals surface area contributed by atoms with Crippen LogP contribution in [0.4, 0.5) is 11.4 Å². The standard InChI is InChI=1S/C17H24N2O2/c1-11-7-12(9-17(2,3)8-11)14-10-18-16-13(14)5-4-6-15(16)19(20)21/h4-6,11-12,14,18H,7-10H2,1-3H3. The molecule has 1 fully saturated rings. The molecular weight excluding hydrogens is 264 g/mol. The molecule has 4 nitrogen and oxygen atoms in total. The Morgan fingerprint density at radius 2 is 2.10 bits per heavy atom. The van der Waals surface area contributed by atoms with E-state index in [1.807, 2.05) is 6.07 Å². The normalized spacial score (nSPS) is 30.5. The fraction of sp³-hybridized carbons (Fsp3) is 0.647. The summed E-state index contributed by atoms with van der Waals surface area (Å²) in [6.45, 7) is 7.89. The molecule has 1 saturated carbocycles. The zero-order valence-corrected chi connectivity index (χ0v) is 13.1. The summed E-state index contributed by atoms with van der Waals surface area (Å²) in [7, 11) is 0. The van der Waals surface area contributed by atoms with Crippen molar-refractivity contribution < 1.29 is 4.92 Å². The van der Waals surface area contributed by atoms with Crippen LogP contribution in [-0.2, 0) is 0 Å². The van der Waals surface area contributed by atoms with Crippen LogP contribution in [0.25, 0.3) is 0 Å². The van der Waals surface area contributed by atoms with Crippen molar-refractivity contribution >= 4 is 11.4 Å². The maximum Gasteiger partial charge on any atom is 0.292 e. The van der Waals surface area contributed by atoms with E-state index in [4.69, 9.17) is 0 Å². The van der Waals surface area contributed by atoms with Crippen LogP contribution < -0.4 is 5.32 Å². The predicted molar refractivity (Wildman–Crippen MR) is 84.6 cm³/mol. The lowest BCUT2D eigenvalue weighted by atomic mass is 9.64. The van der Waals surface area contributed by atoms with Crippen molar-refractivity contribution in [3.05, 3.63) is 33.9 Å². The van der Waals surface area contributed by atoms with E-state index in [0.29, 0.717) is 17.3 Å². The Balaban J connectivity index is 1.91. The highest BCUT2D eigenvalue weighted by molar-refractivity contribution is 5.70. The SMILES string of the molecule is CC1CC(C2CNc3c2cccc3[N+](=O)[O-])CC(C)(C)C1. The number of hydrogen-bond acceptors (Lipinski definition) is 3. The van der Waals surface area contributed by atoms with Crippen molar-refractivity contribution in [2.45, 2.75) is 46.0 Å². The average molecular weight is 288 g/mol. The van der Waals surface area contributed by atoms with Crippen LogP contribution >= 0.6 is 0 Å². The van der Waals surface area contributed by atoms with Gasteiger partial charge in [-0.1, -0.05) is 32.9 Å². The summed E-state index contributed by atoms with van der Waals surface area (Å²) in [4.78, 5) is 10.9. The smallest absolute Gasteiger partial charge is 0.292 e. The van der Waals surface area contributed by atoms with Crippen LogP contribution in [0.3, 0.4) is 0 Å². The molecule has 21 heavy (non-hydrogen) atoms. The topological polar surface area (TPSA) is 55.2 Å². The first kappa shape index (κ1) is 14.4.